The minimum atomic E-state index is -0.0715. The van der Waals surface area contributed by atoms with Crippen molar-refractivity contribution in [3.05, 3.63) is 42.1 Å². The van der Waals surface area contributed by atoms with Gasteiger partial charge in [-0.1, -0.05) is 35.5 Å². The average Bonchev–Trinajstić information content (AvgIpc) is 3.12. The van der Waals surface area contributed by atoms with E-state index >= 15 is 0 Å². The van der Waals surface area contributed by atoms with Crippen LogP contribution in [-0.2, 0) is 0 Å². The molecule has 0 atom stereocenters. The molecule has 1 aliphatic carbocycles. The summed E-state index contributed by atoms with van der Waals surface area (Å²) >= 11 is 0. The monoisotopic (exact) mass is 256 g/mol. The highest BCUT2D eigenvalue weighted by molar-refractivity contribution is 5.92. The van der Waals surface area contributed by atoms with Crippen molar-refractivity contribution in [2.24, 2.45) is 5.92 Å². The van der Waals surface area contributed by atoms with E-state index in [0.717, 1.165) is 12.1 Å². The molecule has 0 spiro atoms. The summed E-state index contributed by atoms with van der Waals surface area (Å²) in [5.41, 5.74) is 1.31. The van der Waals surface area contributed by atoms with Gasteiger partial charge in [-0.25, -0.2) is 0 Å². The highest BCUT2D eigenvalue weighted by Crippen LogP contribution is 2.29. The van der Waals surface area contributed by atoms with Crippen molar-refractivity contribution >= 4 is 5.91 Å². The molecular weight excluding hydrogens is 240 g/mol. The Hall–Kier alpha value is -2.10. The maximum Gasteiger partial charge on any atom is 0.275 e. The summed E-state index contributed by atoms with van der Waals surface area (Å²) in [7, 11) is 1.82. The smallest absolute Gasteiger partial charge is 0.275 e. The molecule has 3 rings (SSSR count). The van der Waals surface area contributed by atoms with E-state index in [4.69, 9.17) is 4.52 Å². The number of rotatable bonds is 4. The number of amides is 1. The van der Waals surface area contributed by atoms with Gasteiger partial charge in [0.2, 0.25) is 0 Å². The van der Waals surface area contributed by atoms with Gasteiger partial charge in [0.25, 0.3) is 5.91 Å². The molecule has 1 aromatic heterocycles. The molecule has 0 radical (unpaired) electrons. The summed E-state index contributed by atoms with van der Waals surface area (Å²) in [4.78, 5) is 13.9. The van der Waals surface area contributed by atoms with Crippen molar-refractivity contribution in [3.63, 3.8) is 0 Å². The van der Waals surface area contributed by atoms with Gasteiger partial charge in [-0.2, -0.15) is 0 Å². The van der Waals surface area contributed by atoms with E-state index < -0.39 is 0 Å². The van der Waals surface area contributed by atoms with Crippen molar-refractivity contribution in [3.8, 4) is 11.3 Å². The topological polar surface area (TPSA) is 46.3 Å². The lowest BCUT2D eigenvalue weighted by molar-refractivity contribution is 0.0778. The van der Waals surface area contributed by atoms with Gasteiger partial charge in [-0.15, -0.1) is 0 Å². The van der Waals surface area contributed by atoms with E-state index in [1.165, 1.54) is 12.8 Å². The van der Waals surface area contributed by atoms with E-state index in [2.05, 4.69) is 5.16 Å². The number of benzene rings is 1. The molecule has 1 amide bonds. The summed E-state index contributed by atoms with van der Waals surface area (Å²) in [5, 5.41) is 3.88. The van der Waals surface area contributed by atoms with Crippen LogP contribution in [0.2, 0.25) is 0 Å². The van der Waals surface area contributed by atoms with Crippen LogP contribution >= 0.6 is 0 Å². The highest BCUT2D eigenvalue weighted by Gasteiger charge is 2.26. The minimum Gasteiger partial charge on any atom is -0.355 e. The first-order valence-electron chi connectivity index (χ1n) is 6.51. The molecule has 2 aromatic rings. The summed E-state index contributed by atoms with van der Waals surface area (Å²) in [5.74, 6) is 1.23. The van der Waals surface area contributed by atoms with Gasteiger partial charge in [-0.05, 0) is 18.8 Å². The van der Waals surface area contributed by atoms with Crippen LogP contribution in [0.1, 0.15) is 23.3 Å². The molecule has 0 N–H and O–H groups in total. The van der Waals surface area contributed by atoms with Crippen LogP contribution in [0.25, 0.3) is 11.3 Å². The Bertz CT molecular complexity index is 573. The lowest BCUT2D eigenvalue weighted by Gasteiger charge is -2.14. The standard InChI is InChI=1S/C15H16N2O2/c1-17(10-11-7-8-11)15(18)13-9-14(19-16-13)12-5-3-2-4-6-12/h2-6,9,11H,7-8,10H2,1H3. The van der Waals surface area contributed by atoms with Crippen molar-refractivity contribution in [2.75, 3.05) is 13.6 Å². The van der Waals surface area contributed by atoms with Gasteiger partial charge in [0.05, 0.1) is 0 Å². The third-order valence-corrected chi connectivity index (χ3v) is 3.36. The number of hydrogen-bond acceptors (Lipinski definition) is 3. The fraction of sp³-hybridized carbons (Fsp3) is 0.333. The number of nitrogens with zero attached hydrogens (tertiary/aromatic N) is 2. The molecule has 1 heterocycles. The number of carbonyl (C=O) groups excluding carboxylic acids is 1. The highest BCUT2D eigenvalue weighted by atomic mass is 16.5. The first-order chi connectivity index (χ1) is 9.24. The van der Waals surface area contributed by atoms with Crippen LogP contribution in [-0.4, -0.2) is 29.6 Å². The molecule has 1 aromatic carbocycles. The maximum absolute atomic E-state index is 12.2. The normalized spacial score (nSPS) is 14.4. The quantitative estimate of drug-likeness (QED) is 0.845. The molecule has 0 unspecified atom stereocenters. The number of aromatic nitrogens is 1. The lowest BCUT2D eigenvalue weighted by Crippen LogP contribution is -2.28. The van der Waals surface area contributed by atoms with Crippen LogP contribution in [0, 0.1) is 5.92 Å². The summed E-state index contributed by atoms with van der Waals surface area (Å²) < 4.78 is 5.25. The van der Waals surface area contributed by atoms with E-state index in [-0.39, 0.29) is 5.91 Å². The Labute approximate surface area is 112 Å². The van der Waals surface area contributed by atoms with Gasteiger partial charge in [-0.3, -0.25) is 4.79 Å². The molecule has 4 heteroatoms. The van der Waals surface area contributed by atoms with Crippen molar-refractivity contribution in [1.29, 1.82) is 0 Å². The van der Waals surface area contributed by atoms with Crippen molar-refractivity contribution < 1.29 is 9.32 Å². The fourth-order valence-electron chi connectivity index (χ4n) is 2.08. The second-order valence-electron chi connectivity index (χ2n) is 5.07. The lowest BCUT2D eigenvalue weighted by atomic mass is 10.1. The Balaban J connectivity index is 1.75. The molecule has 19 heavy (non-hydrogen) atoms. The van der Waals surface area contributed by atoms with Crippen molar-refractivity contribution in [2.45, 2.75) is 12.8 Å². The zero-order valence-electron chi connectivity index (χ0n) is 10.9. The Morgan fingerprint density at radius 3 is 2.79 bits per heavy atom. The summed E-state index contributed by atoms with van der Waals surface area (Å²) in [6.45, 7) is 0.812. The predicted molar refractivity (Wildman–Crippen MR) is 71.6 cm³/mol. The fourth-order valence-corrected chi connectivity index (χ4v) is 2.08. The molecule has 98 valence electrons. The molecule has 0 saturated heterocycles. The maximum atomic E-state index is 12.2. The summed E-state index contributed by atoms with van der Waals surface area (Å²) in [6, 6.07) is 11.4. The first kappa shape index (κ1) is 12.0. The Morgan fingerprint density at radius 2 is 2.11 bits per heavy atom. The van der Waals surface area contributed by atoms with E-state index in [9.17, 15) is 4.79 Å². The van der Waals surface area contributed by atoms with Crippen LogP contribution in [0.5, 0.6) is 0 Å². The molecule has 1 saturated carbocycles. The molecule has 1 aliphatic rings. The third kappa shape index (κ3) is 2.67. The Morgan fingerprint density at radius 1 is 1.37 bits per heavy atom. The molecule has 4 nitrogen and oxygen atoms in total. The SMILES string of the molecule is CN(CC1CC1)C(=O)c1cc(-c2ccccc2)on1. The summed E-state index contributed by atoms with van der Waals surface area (Å²) in [6.07, 6.45) is 2.46. The second kappa shape index (κ2) is 4.88. The predicted octanol–water partition coefficient (Wildman–Crippen LogP) is 2.82. The van der Waals surface area contributed by atoms with Crippen LogP contribution < -0.4 is 0 Å². The molecule has 0 aliphatic heterocycles. The zero-order chi connectivity index (χ0) is 13.2. The minimum absolute atomic E-state index is 0.0715. The Kier molecular flexibility index (Phi) is 3.07. The largest absolute Gasteiger partial charge is 0.355 e. The zero-order valence-corrected chi connectivity index (χ0v) is 10.9. The average molecular weight is 256 g/mol. The molecule has 0 bridgehead atoms. The van der Waals surface area contributed by atoms with E-state index in [1.54, 1.807) is 11.0 Å². The van der Waals surface area contributed by atoms with Gasteiger partial charge in [0, 0.05) is 25.2 Å². The molecular formula is C15H16N2O2. The number of carbonyl (C=O) groups is 1. The van der Waals surface area contributed by atoms with Gasteiger partial charge in [0.15, 0.2) is 11.5 Å². The van der Waals surface area contributed by atoms with Crippen LogP contribution in [0.3, 0.4) is 0 Å². The van der Waals surface area contributed by atoms with Crippen LogP contribution in [0.15, 0.2) is 40.9 Å². The van der Waals surface area contributed by atoms with E-state index in [1.807, 2.05) is 37.4 Å². The van der Waals surface area contributed by atoms with Crippen LogP contribution in [0.4, 0.5) is 0 Å². The van der Waals surface area contributed by atoms with Gasteiger partial charge in [0.1, 0.15) is 0 Å². The van der Waals surface area contributed by atoms with E-state index in [0.29, 0.717) is 17.4 Å². The first-order valence-corrected chi connectivity index (χ1v) is 6.51. The van der Waals surface area contributed by atoms with Gasteiger partial charge >= 0.3 is 0 Å². The van der Waals surface area contributed by atoms with Gasteiger partial charge < -0.3 is 9.42 Å². The van der Waals surface area contributed by atoms with Crippen molar-refractivity contribution in [1.82, 2.24) is 10.1 Å². The number of hydrogen-bond donors (Lipinski definition) is 0. The second-order valence-corrected chi connectivity index (χ2v) is 5.07. The molecule has 1 fully saturated rings. The third-order valence-electron chi connectivity index (χ3n) is 3.36.